The molecule has 78 heavy (non-hydrogen) atoms. The summed E-state index contributed by atoms with van der Waals surface area (Å²) < 4.78 is 0. The Balaban J connectivity index is 0.000000203. The molecular formula is C69H68IrN8-2. The number of nitrogens with zero attached hydrogens (tertiary/aromatic N) is 8. The van der Waals surface area contributed by atoms with Crippen molar-refractivity contribution in [2.24, 2.45) is 0 Å². The van der Waals surface area contributed by atoms with E-state index in [1.165, 1.54) is 27.8 Å². The van der Waals surface area contributed by atoms with Crippen LogP contribution in [0.4, 0.5) is 0 Å². The number of hydrogen-bond acceptors (Lipinski definition) is 8. The van der Waals surface area contributed by atoms with E-state index in [9.17, 15) is 0 Å². The van der Waals surface area contributed by atoms with Crippen molar-refractivity contribution in [2.75, 3.05) is 0 Å². The molecule has 0 amide bonds. The molecule has 0 N–H and O–H groups in total. The summed E-state index contributed by atoms with van der Waals surface area (Å²) >= 11 is 0. The first-order valence-electron chi connectivity index (χ1n) is 26.4. The summed E-state index contributed by atoms with van der Waals surface area (Å²) in [4.78, 5) is 38.8. The van der Waals surface area contributed by atoms with Gasteiger partial charge in [0, 0.05) is 65.9 Å². The topological polar surface area (TPSA) is 103 Å². The van der Waals surface area contributed by atoms with Gasteiger partial charge in [0.15, 0.2) is 34.9 Å². The molecule has 0 unspecified atom stereocenters. The molecule has 1 radical (unpaired) electrons. The van der Waals surface area contributed by atoms with Crippen LogP contribution in [0.3, 0.4) is 0 Å². The van der Waals surface area contributed by atoms with E-state index in [-0.39, 0.29) is 41.8 Å². The third kappa shape index (κ3) is 13.7. The number of aromatic nitrogens is 8. The van der Waals surface area contributed by atoms with Crippen LogP contribution in [0.15, 0.2) is 176 Å². The summed E-state index contributed by atoms with van der Waals surface area (Å²) in [5, 5.41) is 0. The van der Waals surface area contributed by atoms with Gasteiger partial charge in [-0.05, 0) is 55.3 Å². The van der Waals surface area contributed by atoms with Gasteiger partial charge in [0.1, 0.15) is 0 Å². The average Bonchev–Trinajstić information content (AvgIpc) is 3.45. The van der Waals surface area contributed by atoms with Gasteiger partial charge >= 0.3 is 0 Å². The van der Waals surface area contributed by atoms with Gasteiger partial charge in [0.05, 0.1) is 0 Å². The van der Waals surface area contributed by atoms with Gasteiger partial charge in [0.25, 0.3) is 0 Å². The Bertz CT molecular complexity index is 3450. The molecule has 10 aromatic rings. The molecule has 0 aliphatic heterocycles. The van der Waals surface area contributed by atoms with Gasteiger partial charge < -0.3 is 9.97 Å². The normalized spacial score (nSPS) is 11.8. The molecule has 9 heteroatoms. The predicted molar refractivity (Wildman–Crippen MR) is 316 cm³/mol. The Kier molecular flexibility index (Phi) is 16.7. The van der Waals surface area contributed by atoms with Crippen LogP contribution >= 0.6 is 0 Å². The molecule has 6 aromatic carbocycles. The molecule has 4 aromatic heterocycles. The molecule has 0 saturated heterocycles. The minimum Gasteiger partial charge on any atom is -0.304 e. The second-order valence-corrected chi connectivity index (χ2v) is 23.8. The average molecular weight is 1200 g/mol. The molecule has 0 aliphatic rings. The Labute approximate surface area is 475 Å². The zero-order chi connectivity index (χ0) is 54.7. The minimum absolute atomic E-state index is 0. The molecule has 0 spiro atoms. The summed E-state index contributed by atoms with van der Waals surface area (Å²) in [6.07, 6.45) is 3.66. The van der Waals surface area contributed by atoms with Crippen LogP contribution < -0.4 is 0 Å². The molecule has 4 heterocycles. The predicted octanol–water partition coefficient (Wildman–Crippen LogP) is 17.0. The molecule has 0 bridgehead atoms. The van der Waals surface area contributed by atoms with Crippen molar-refractivity contribution in [3.05, 3.63) is 216 Å². The number of rotatable bonds is 8. The smallest absolute Gasteiger partial charge is 0.165 e. The van der Waals surface area contributed by atoms with Gasteiger partial charge in [-0.25, -0.2) is 29.9 Å². The Morgan fingerprint density at radius 3 is 0.872 bits per heavy atom. The number of pyridine rings is 2. The quantitative estimate of drug-likeness (QED) is 0.139. The van der Waals surface area contributed by atoms with Crippen LogP contribution in [0, 0.1) is 19.1 Å². The summed E-state index contributed by atoms with van der Waals surface area (Å²) in [7, 11) is 0. The first-order valence-corrected chi connectivity index (χ1v) is 26.4. The maximum absolute atomic E-state index is 4.91. The standard InChI is InChI=1S/C35H35N4.C34H33N4.Ir/c1-23-9-8-10-26(21-23)30-20-15-27(22-36-30)33-38-31(24-11-16-28(17-12-24)34(2,3)4)37-32(39-33)25-13-18-29(19-14-25)35(5,6)7;1-33(2,3)27-17-12-24(13-18-27)30-36-31(25-14-19-28(20-15-25)34(4,5)6)38-32(37-30)26-16-21-29(35-22-26)23-10-8-7-9-11-23;/h8-9,11-22H,1-7H3;7-10,12-22H,1-6H3;/q2*-1;. The van der Waals surface area contributed by atoms with Crippen LogP contribution in [-0.4, -0.2) is 39.9 Å². The third-order valence-electron chi connectivity index (χ3n) is 13.6. The summed E-state index contributed by atoms with van der Waals surface area (Å²) in [5.41, 5.74) is 15.7. The summed E-state index contributed by atoms with van der Waals surface area (Å²) in [6.45, 7) is 28.7. The van der Waals surface area contributed by atoms with Crippen molar-refractivity contribution < 1.29 is 20.1 Å². The number of hydrogen-bond donors (Lipinski definition) is 0. The van der Waals surface area contributed by atoms with Crippen LogP contribution in [0.2, 0.25) is 0 Å². The van der Waals surface area contributed by atoms with E-state index in [2.05, 4.69) is 210 Å². The van der Waals surface area contributed by atoms with E-state index in [0.717, 1.165) is 55.9 Å². The third-order valence-corrected chi connectivity index (χ3v) is 13.6. The zero-order valence-corrected chi connectivity index (χ0v) is 49.5. The van der Waals surface area contributed by atoms with Gasteiger partial charge in [-0.3, -0.25) is 0 Å². The molecule has 8 nitrogen and oxygen atoms in total. The second kappa shape index (κ2) is 23.1. The molecule has 0 atom stereocenters. The van der Waals surface area contributed by atoms with Crippen molar-refractivity contribution in [1.82, 2.24) is 39.9 Å². The van der Waals surface area contributed by atoms with Gasteiger partial charge in [-0.1, -0.05) is 211 Å². The van der Waals surface area contributed by atoms with E-state index in [1.807, 2.05) is 73.1 Å². The van der Waals surface area contributed by atoms with Gasteiger partial charge in [-0.2, -0.15) is 0 Å². The van der Waals surface area contributed by atoms with E-state index in [0.29, 0.717) is 34.9 Å². The summed E-state index contributed by atoms with van der Waals surface area (Å²) in [6, 6.07) is 62.4. The van der Waals surface area contributed by atoms with Gasteiger partial charge in [-0.15, -0.1) is 71.3 Å². The van der Waals surface area contributed by atoms with E-state index < -0.39 is 0 Å². The van der Waals surface area contributed by atoms with Crippen molar-refractivity contribution in [1.29, 1.82) is 0 Å². The van der Waals surface area contributed by atoms with Crippen molar-refractivity contribution in [2.45, 2.75) is 112 Å². The van der Waals surface area contributed by atoms with E-state index in [1.54, 1.807) is 0 Å². The maximum atomic E-state index is 4.91. The SMILES string of the molecule is CC(C)(C)c1ccc(-c2nc(-c3ccc(C(C)(C)C)cc3)nc(-c3ccc(-c4[c-]cccc4)nc3)n2)cc1.Cc1cc[c-]c(-c2ccc(-c3nc(-c4ccc(C(C)(C)C)cc4)nc(-c4ccc(C(C)(C)C)cc4)n3)cn2)c1.[Ir]. The number of aryl methyl sites for hydroxylation is 1. The van der Waals surface area contributed by atoms with Gasteiger partial charge in [0.2, 0.25) is 0 Å². The molecule has 0 fully saturated rings. The molecule has 395 valence electrons. The number of benzene rings is 6. The maximum Gasteiger partial charge on any atom is 0.165 e. The first kappa shape index (κ1) is 56.5. The van der Waals surface area contributed by atoms with Crippen LogP contribution in [-0.2, 0) is 41.8 Å². The van der Waals surface area contributed by atoms with Crippen LogP contribution in [0.1, 0.15) is 111 Å². The fourth-order valence-corrected chi connectivity index (χ4v) is 8.66. The largest absolute Gasteiger partial charge is 0.304 e. The Morgan fingerprint density at radius 2 is 0.603 bits per heavy atom. The van der Waals surface area contributed by atoms with Crippen LogP contribution in [0.25, 0.3) is 90.8 Å². The fraction of sp³-hybridized carbons (Fsp3) is 0.246. The zero-order valence-electron chi connectivity index (χ0n) is 47.2. The minimum atomic E-state index is 0. The molecular weight excluding hydrogens is 1130 g/mol. The van der Waals surface area contributed by atoms with E-state index in [4.69, 9.17) is 34.9 Å². The van der Waals surface area contributed by atoms with Crippen molar-refractivity contribution in [3.63, 3.8) is 0 Å². The first-order chi connectivity index (χ1) is 36.5. The Hall–Kier alpha value is -7.71. The Morgan fingerprint density at radius 1 is 0.308 bits per heavy atom. The van der Waals surface area contributed by atoms with Crippen molar-refractivity contribution in [3.8, 4) is 90.8 Å². The molecule has 0 aliphatic carbocycles. The molecule has 0 saturated carbocycles. The second-order valence-electron chi connectivity index (χ2n) is 23.8. The van der Waals surface area contributed by atoms with Crippen molar-refractivity contribution >= 4 is 0 Å². The summed E-state index contributed by atoms with van der Waals surface area (Å²) in [5.74, 6) is 3.78. The van der Waals surface area contributed by atoms with E-state index >= 15 is 0 Å². The van der Waals surface area contributed by atoms with Crippen LogP contribution in [0.5, 0.6) is 0 Å². The fourth-order valence-electron chi connectivity index (χ4n) is 8.66. The monoisotopic (exact) mass is 1200 g/mol. The molecule has 10 rings (SSSR count).